The molecule has 10 nitrogen and oxygen atoms in total. The molecule has 194 valence electrons. The van der Waals surface area contributed by atoms with E-state index in [0.29, 0.717) is 26.9 Å². The van der Waals surface area contributed by atoms with E-state index in [1.54, 1.807) is 18.2 Å². The maximum absolute atomic E-state index is 12.7. The van der Waals surface area contributed by atoms with Gasteiger partial charge in [0.25, 0.3) is 5.91 Å². The second-order valence-electron chi connectivity index (χ2n) is 9.04. The van der Waals surface area contributed by atoms with Crippen LogP contribution in [0.4, 0.5) is 23.0 Å². The molecule has 0 aliphatic carbocycles. The third kappa shape index (κ3) is 5.38. The number of carboxylic acid groups (broad SMARTS) is 1. The maximum atomic E-state index is 12.7. The fourth-order valence-corrected chi connectivity index (χ4v) is 5.13. The van der Waals surface area contributed by atoms with Crippen molar-refractivity contribution in [2.75, 3.05) is 48.3 Å². The Hall–Kier alpha value is -4.22. The largest absolute Gasteiger partial charge is 0.478 e. The van der Waals surface area contributed by atoms with Crippen molar-refractivity contribution in [3.05, 3.63) is 70.8 Å². The summed E-state index contributed by atoms with van der Waals surface area (Å²) >= 11 is 1.16. The van der Waals surface area contributed by atoms with Crippen molar-refractivity contribution in [3.8, 4) is 0 Å². The Kier molecular flexibility index (Phi) is 7.12. The monoisotopic (exact) mass is 530 g/mol. The summed E-state index contributed by atoms with van der Waals surface area (Å²) in [5, 5.41) is 12.4. The van der Waals surface area contributed by atoms with Gasteiger partial charge in [0.1, 0.15) is 5.03 Å². The normalized spacial score (nSPS) is 16.6. The van der Waals surface area contributed by atoms with E-state index in [1.807, 2.05) is 24.3 Å². The molecule has 0 bridgehead atoms. The predicted molar refractivity (Wildman–Crippen MR) is 147 cm³/mol. The van der Waals surface area contributed by atoms with Gasteiger partial charge in [0, 0.05) is 38.8 Å². The van der Waals surface area contributed by atoms with Crippen LogP contribution in [0.3, 0.4) is 0 Å². The number of hydrogen-bond acceptors (Lipinski definition) is 8. The Balaban J connectivity index is 1.39. The Bertz CT molecular complexity index is 1420. The topological polar surface area (TPSA) is 119 Å². The van der Waals surface area contributed by atoms with Crippen molar-refractivity contribution in [3.63, 3.8) is 0 Å². The molecule has 1 saturated heterocycles. The van der Waals surface area contributed by atoms with Crippen molar-refractivity contribution < 1.29 is 19.5 Å². The lowest BCUT2D eigenvalue weighted by Crippen LogP contribution is -2.44. The van der Waals surface area contributed by atoms with E-state index in [2.05, 4.69) is 32.1 Å². The standard InChI is InChI=1S/C27H26N6O4S/c1-17(34)33(21-9-7-20(8-10-21)32-13-11-31(2)12-14-32)27-28-16-22-25(30-27)38-23(24(35)29-22)15-18-3-5-19(6-4-18)26(36)37/h3-10,15-16H,11-14H2,1-2H3,(H,29,35)(H,36,37). The fraction of sp³-hybridized carbons (Fsp3) is 0.222. The number of piperazine rings is 1. The SMILES string of the molecule is CC(=O)N(c1ccc(N2CCN(C)CC2)cc1)c1ncc2c(n1)SC(=Cc1ccc(C(=O)O)cc1)C(=O)N2. The number of likely N-dealkylation sites (N-methyl/N-ethyl adjacent to an activating group) is 1. The molecule has 2 aliphatic rings. The fourth-order valence-electron chi connectivity index (χ4n) is 4.25. The molecule has 1 fully saturated rings. The zero-order valence-electron chi connectivity index (χ0n) is 20.9. The summed E-state index contributed by atoms with van der Waals surface area (Å²) in [6, 6.07) is 14.0. The first-order chi connectivity index (χ1) is 18.3. The summed E-state index contributed by atoms with van der Waals surface area (Å²) in [6.45, 7) is 5.36. The molecule has 1 aromatic heterocycles. The van der Waals surface area contributed by atoms with Gasteiger partial charge in [-0.1, -0.05) is 23.9 Å². The molecule has 0 radical (unpaired) electrons. The first-order valence-electron chi connectivity index (χ1n) is 12.0. The number of amides is 2. The van der Waals surface area contributed by atoms with Gasteiger partial charge in [-0.2, -0.15) is 0 Å². The molecule has 0 spiro atoms. The summed E-state index contributed by atoms with van der Waals surface area (Å²) in [6.07, 6.45) is 3.16. The highest BCUT2D eigenvalue weighted by Gasteiger charge is 2.26. The summed E-state index contributed by atoms with van der Waals surface area (Å²) in [5.74, 6) is -1.37. The molecule has 0 saturated carbocycles. The van der Waals surface area contributed by atoms with Crippen LogP contribution in [-0.4, -0.2) is 71.0 Å². The van der Waals surface area contributed by atoms with Crippen molar-refractivity contribution in [2.45, 2.75) is 11.9 Å². The number of aromatic nitrogens is 2. The Morgan fingerprint density at radius 1 is 1.05 bits per heavy atom. The number of rotatable bonds is 5. The van der Waals surface area contributed by atoms with Crippen molar-refractivity contribution in [1.82, 2.24) is 14.9 Å². The quantitative estimate of drug-likeness (QED) is 0.376. The number of carbonyl (C=O) groups excluding carboxylic acids is 2. The van der Waals surface area contributed by atoms with E-state index in [4.69, 9.17) is 5.11 Å². The molecule has 2 N–H and O–H groups in total. The number of aromatic carboxylic acids is 1. The number of carbonyl (C=O) groups is 3. The minimum absolute atomic E-state index is 0.163. The smallest absolute Gasteiger partial charge is 0.335 e. The average Bonchev–Trinajstić information content (AvgIpc) is 2.90. The van der Waals surface area contributed by atoms with E-state index >= 15 is 0 Å². The van der Waals surface area contributed by atoms with Gasteiger partial charge >= 0.3 is 5.97 Å². The van der Waals surface area contributed by atoms with Crippen LogP contribution in [0, 0.1) is 0 Å². The van der Waals surface area contributed by atoms with E-state index in [1.165, 1.54) is 30.2 Å². The van der Waals surface area contributed by atoms with Crippen molar-refractivity contribution in [2.24, 2.45) is 0 Å². The number of fused-ring (bicyclic) bond motifs is 1. The number of anilines is 4. The van der Waals surface area contributed by atoms with Crippen LogP contribution in [0.25, 0.3) is 6.08 Å². The van der Waals surface area contributed by atoms with E-state index in [-0.39, 0.29) is 23.3 Å². The second kappa shape index (κ2) is 10.6. The third-order valence-electron chi connectivity index (χ3n) is 6.37. The molecule has 11 heteroatoms. The second-order valence-corrected chi connectivity index (χ2v) is 10.1. The average molecular weight is 531 g/mol. The van der Waals surface area contributed by atoms with Gasteiger partial charge < -0.3 is 20.2 Å². The number of thioether (sulfide) groups is 1. The van der Waals surface area contributed by atoms with Crippen LogP contribution < -0.4 is 15.1 Å². The molecule has 2 aromatic carbocycles. The lowest BCUT2D eigenvalue weighted by atomic mass is 10.1. The molecule has 0 unspecified atom stereocenters. The number of benzene rings is 2. The number of hydrogen-bond donors (Lipinski definition) is 2. The summed E-state index contributed by atoms with van der Waals surface area (Å²) in [4.78, 5) is 51.8. The first kappa shape index (κ1) is 25.4. The lowest BCUT2D eigenvalue weighted by Gasteiger charge is -2.34. The van der Waals surface area contributed by atoms with Crippen LogP contribution in [0.5, 0.6) is 0 Å². The number of nitrogens with one attached hydrogen (secondary N) is 1. The van der Waals surface area contributed by atoms with Crippen molar-refractivity contribution >= 4 is 58.6 Å². The van der Waals surface area contributed by atoms with E-state index < -0.39 is 5.97 Å². The highest BCUT2D eigenvalue weighted by Crippen LogP contribution is 2.39. The van der Waals surface area contributed by atoms with Crippen LogP contribution in [-0.2, 0) is 9.59 Å². The van der Waals surface area contributed by atoms with Gasteiger partial charge in [0.15, 0.2) is 0 Å². The van der Waals surface area contributed by atoms with Gasteiger partial charge in [-0.3, -0.25) is 9.59 Å². The zero-order valence-corrected chi connectivity index (χ0v) is 21.7. The molecule has 3 heterocycles. The van der Waals surface area contributed by atoms with Crippen LogP contribution in [0.2, 0.25) is 0 Å². The lowest BCUT2D eigenvalue weighted by molar-refractivity contribution is -0.116. The number of carboxylic acids is 1. The molecule has 2 amide bonds. The van der Waals surface area contributed by atoms with E-state index in [0.717, 1.165) is 43.6 Å². The molecule has 5 rings (SSSR count). The molecule has 38 heavy (non-hydrogen) atoms. The van der Waals surface area contributed by atoms with Crippen LogP contribution in [0.1, 0.15) is 22.8 Å². The van der Waals surface area contributed by atoms with Gasteiger partial charge in [-0.15, -0.1) is 0 Å². The van der Waals surface area contributed by atoms with Gasteiger partial charge in [0.2, 0.25) is 11.9 Å². The first-order valence-corrected chi connectivity index (χ1v) is 12.9. The van der Waals surface area contributed by atoms with E-state index in [9.17, 15) is 14.4 Å². The highest BCUT2D eigenvalue weighted by atomic mass is 32.2. The van der Waals surface area contributed by atoms with Gasteiger partial charge in [-0.05, 0) is 55.1 Å². The third-order valence-corrected chi connectivity index (χ3v) is 7.39. The Morgan fingerprint density at radius 2 is 1.74 bits per heavy atom. The van der Waals surface area contributed by atoms with Crippen molar-refractivity contribution in [1.29, 1.82) is 0 Å². The minimum atomic E-state index is -1.02. The van der Waals surface area contributed by atoms with Crippen LogP contribution in [0.15, 0.2) is 64.7 Å². The summed E-state index contributed by atoms with van der Waals surface area (Å²) in [5.41, 5.74) is 3.04. The Morgan fingerprint density at radius 3 is 2.37 bits per heavy atom. The highest BCUT2D eigenvalue weighted by molar-refractivity contribution is 8.04. The van der Waals surface area contributed by atoms with Crippen LogP contribution >= 0.6 is 11.8 Å². The molecular formula is C27H26N6O4S. The number of nitrogens with zero attached hydrogens (tertiary/aromatic N) is 5. The van der Waals surface area contributed by atoms with Gasteiger partial charge in [0.05, 0.1) is 28.0 Å². The Labute approximate surface area is 224 Å². The zero-order chi connectivity index (χ0) is 26.8. The summed E-state index contributed by atoms with van der Waals surface area (Å²) in [7, 11) is 2.12. The molecule has 2 aliphatic heterocycles. The molecular weight excluding hydrogens is 504 g/mol. The van der Waals surface area contributed by atoms with Gasteiger partial charge in [-0.25, -0.2) is 19.7 Å². The predicted octanol–water partition coefficient (Wildman–Crippen LogP) is 3.70. The molecule has 0 atom stereocenters. The minimum Gasteiger partial charge on any atom is -0.478 e. The molecule has 3 aromatic rings. The summed E-state index contributed by atoms with van der Waals surface area (Å²) < 4.78 is 0. The maximum Gasteiger partial charge on any atom is 0.335 e.